The average Bonchev–Trinajstić information content (AvgIpc) is 2.47. The summed E-state index contributed by atoms with van der Waals surface area (Å²) < 4.78 is 4.79. The summed E-state index contributed by atoms with van der Waals surface area (Å²) in [5, 5.41) is 0. The number of rotatable bonds is 3. The predicted octanol–water partition coefficient (Wildman–Crippen LogP) is 1.51. The first-order valence-electron chi connectivity index (χ1n) is 7.02. The Labute approximate surface area is 120 Å². The highest BCUT2D eigenvalue weighted by atomic mass is 16.5. The van der Waals surface area contributed by atoms with E-state index in [1.165, 1.54) is 7.11 Å². The van der Waals surface area contributed by atoms with E-state index in [9.17, 15) is 4.79 Å². The van der Waals surface area contributed by atoms with Crippen molar-refractivity contribution in [2.45, 2.75) is 13.8 Å². The van der Waals surface area contributed by atoms with Gasteiger partial charge in [-0.15, -0.1) is 0 Å². The van der Waals surface area contributed by atoms with Crippen molar-refractivity contribution in [1.82, 2.24) is 4.90 Å². The van der Waals surface area contributed by atoms with Crippen molar-refractivity contribution >= 4 is 17.3 Å². The molecule has 2 rings (SSSR count). The molecule has 1 fully saturated rings. The number of esters is 1. The number of piperazine rings is 1. The van der Waals surface area contributed by atoms with E-state index in [0.29, 0.717) is 11.3 Å². The largest absolute Gasteiger partial charge is 0.465 e. The topological polar surface area (TPSA) is 58.8 Å². The number of benzene rings is 1. The normalized spacial score (nSPS) is 16.2. The van der Waals surface area contributed by atoms with Gasteiger partial charge in [-0.2, -0.15) is 0 Å². The van der Waals surface area contributed by atoms with E-state index in [1.54, 1.807) is 0 Å². The van der Waals surface area contributed by atoms with Crippen LogP contribution in [0.5, 0.6) is 0 Å². The van der Waals surface area contributed by atoms with Crippen LogP contribution in [0.2, 0.25) is 0 Å². The zero-order valence-electron chi connectivity index (χ0n) is 12.5. The molecule has 1 saturated heterocycles. The smallest absolute Gasteiger partial charge is 0.340 e. The Hall–Kier alpha value is -1.75. The molecule has 0 atom stereocenters. The molecular weight excluding hydrogens is 254 g/mol. The van der Waals surface area contributed by atoms with Crippen molar-refractivity contribution in [2.24, 2.45) is 0 Å². The van der Waals surface area contributed by atoms with Crippen LogP contribution in [-0.4, -0.2) is 50.7 Å². The van der Waals surface area contributed by atoms with Crippen molar-refractivity contribution in [1.29, 1.82) is 0 Å². The minimum Gasteiger partial charge on any atom is -0.465 e. The molecule has 1 aliphatic heterocycles. The van der Waals surface area contributed by atoms with Gasteiger partial charge in [0.15, 0.2) is 0 Å². The Morgan fingerprint density at radius 2 is 1.95 bits per heavy atom. The molecule has 110 valence electrons. The van der Waals surface area contributed by atoms with Crippen LogP contribution < -0.4 is 10.6 Å². The fraction of sp³-hybridized carbons (Fsp3) is 0.533. The number of likely N-dealkylation sites (N-methyl/N-ethyl adjacent to an activating group) is 1. The first kappa shape index (κ1) is 14.7. The standard InChI is InChI=1S/C15H23N3O2/c1-4-17-5-7-18(8-6-17)14-10-12(15(19)20-3)13(16)9-11(14)2/h9-10H,4-8,16H2,1-3H3. The summed E-state index contributed by atoms with van der Waals surface area (Å²) in [7, 11) is 1.38. The van der Waals surface area contributed by atoms with Crippen LogP contribution in [0.1, 0.15) is 22.8 Å². The van der Waals surface area contributed by atoms with Gasteiger partial charge in [-0.3, -0.25) is 0 Å². The lowest BCUT2D eigenvalue weighted by molar-refractivity contribution is 0.0602. The maximum Gasteiger partial charge on any atom is 0.340 e. The number of anilines is 2. The maximum atomic E-state index is 11.7. The number of nitrogens with two attached hydrogens (primary N) is 1. The molecule has 2 N–H and O–H groups in total. The molecule has 0 radical (unpaired) electrons. The third kappa shape index (κ3) is 2.88. The number of hydrogen-bond acceptors (Lipinski definition) is 5. The summed E-state index contributed by atoms with van der Waals surface area (Å²) in [6.07, 6.45) is 0. The molecule has 1 aromatic rings. The number of carbonyl (C=O) groups excluding carboxylic acids is 1. The molecule has 1 aliphatic rings. The van der Waals surface area contributed by atoms with Crippen LogP contribution in [0.4, 0.5) is 11.4 Å². The van der Waals surface area contributed by atoms with E-state index in [2.05, 4.69) is 16.7 Å². The van der Waals surface area contributed by atoms with E-state index < -0.39 is 0 Å². The molecule has 5 nitrogen and oxygen atoms in total. The zero-order chi connectivity index (χ0) is 14.7. The van der Waals surface area contributed by atoms with E-state index >= 15 is 0 Å². The number of ether oxygens (including phenoxy) is 1. The van der Waals surface area contributed by atoms with Crippen LogP contribution in [0.15, 0.2) is 12.1 Å². The van der Waals surface area contributed by atoms with Gasteiger partial charge >= 0.3 is 5.97 Å². The SMILES string of the molecule is CCN1CCN(c2cc(C(=O)OC)c(N)cc2C)CC1. The summed E-state index contributed by atoms with van der Waals surface area (Å²) in [6, 6.07) is 3.71. The lowest BCUT2D eigenvalue weighted by Gasteiger charge is -2.36. The molecule has 1 heterocycles. The Morgan fingerprint density at radius 3 is 2.50 bits per heavy atom. The van der Waals surface area contributed by atoms with Gasteiger partial charge in [0.2, 0.25) is 0 Å². The molecule has 0 aromatic heterocycles. The second kappa shape index (κ2) is 6.13. The monoisotopic (exact) mass is 277 g/mol. The average molecular weight is 277 g/mol. The third-order valence-electron chi connectivity index (χ3n) is 3.93. The van der Waals surface area contributed by atoms with Crippen molar-refractivity contribution in [3.05, 3.63) is 23.3 Å². The molecule has 20 heavy (non-hydrogen) atoms. The van der Waals surface area contributed by atoms with Gasteiger partial charge < -0.3 is 20.3 Å². The molecule has 0 saturated carbocycles. The second-order valence-corrected chi connectivity index (χ2v) is 5.14. The molecule has 5 heteroatoms. The highest BCUT2D eigenvalue weighted by Crippen LogP contribution is 2.27. The van der Waals surface area contributed by atoms with Crippen LogP contribution >= 0.6 is 0 Å². The van der Waals surface area contributed by atoms with Gasteiger partial charge in [-0.1, -0.05) is 6.92 Å². The second-order valence-electron chi connectivity index (χ2n) is 5.14. The summed E-state index contributed by atoms with van der Waals surface area (Å²) in [5.41, 5.74) is 9.02. The fourth-order valence-corrected chi connectivity index (χ4v) is 2.65. The quantitative estimate of drug-likeness (QED) is 0.670. The van der Waals surface area contributed by atoms with Crippen LogP contribution in [0.3, 0.4) is 0 Å². The van der Waals surface area contributed by atoms with Crippen molar-refractivity contribution in [2.75, 3.05) is 50.5 Å². The van der Waals surface area contributed by atoms with E-state index in [-0.39, 0.29) is 5.97 Å². The van der Waals surface area contributed by atoms with Crippen molar-refractivity contribution in [3.8, 4) is 0 Å². The summed E-state index contributed by atoms with van der Waals surface area (Å²) >= 11 is 0. The van der Waals surface area contributed by atoms with Gasteiger partial charge in [0, 0.05) is 37.6 Å². The maximum absolute atomic E-state index is 11.7. The number of nitrogen functional groups attached to an aromatic ring is 1. The highest BCUT2D eigenvalue weighted by molar-refractivity contribution is 5.96. The number of hydrogen-bond donors (Lipinski definition) is 1. The molecular formula is C15H23N3O2. The van der Waals surface area contributed by atoms with E-state index in [0.717, 1.165) is 44.0 Å². The molecule has 0 spiro atoms. The molecule has 0 aliphatic carbocycles. The van der Waals surface area contributed by atoms with Gasteiger partial charge in [-0.05, 0) is 31.2 Å². The van der Waals surface area contributed by atoms with Gasteiger partial charge in [-0.25, -0.2) is 4.79 Å². The van der Waals surface area contributed by atoms with Crippen LogP contribution in [0, 0.1) is 6.92 Å². The van der Waals surface area contributed by atoms with Crippen molar-refractivity contribution in [3.63, 3.8) is 0 Å². The van der Waals surface area contributed by atoms with Gasteiger partial charge in [0.05, 0.1) is 12.7 Å². The zero-order valence-corrected chi connectivity index (χ0v) is 12.5. The Morgan fingerprint density at radius 1 is 1.30 bits per heavy atom. The van der Waals surface area contributed by atoms with Crippen LogP contribution in [0.25, 0.3) is 0 Å². The Balaban J connectivity index is 2.25. The molecule has 0 amide bonds. The van der Waals surface area contributed by atoms with Gasteiger partial charge in [0.1, 0.15) is 0 Å². The van der Waals surface area contributed by atoms with E-state index in [1.807, 2.05) is 19.1 Å². The lowest BCUT2D eigenvalue weighted by atomic mass is 10.1. The van der Waals surface area contributed by atoms with Gasteiger partial charge in [0.25, 0.3) is 0 Å². The number of methoxy groups -OCH3 is 1. The number of nitrogens with zero attached hydrogens (tertiary/aromatic N) is 2. The fourth-order valence-electron chi connectivity index (χ4n) is 2.65. The Bertz CT molecular complexity index is 494. The minimum atomic E-state index is -0.379. The first-order valence-corrected chi connectivity index (χ1v) is 7.02. The summed E-state index contributed by atoms with van der Waals surface area (Å²) in [5.74, 6) is -0.379. The Kier molecular flexibility index (Phi) is 4.49. The molecule has 0 bridgehead atoms. The highest BCUT2D eigenvalue weighted by Gasteiger charge is 2.20. The first-order chi connectivity index (χ1) is 9.56. The molecule has 1 aromatic carbocycles. The predicted molar refractivity (Wildman–Crippen MR) is 81.3 cm³/mol. The minimum absolute atomic E-state index is 0.379. The number of aryl methyl sites for hydroxylation is 1. The summed E-state index contributed by atoms with van der Waals surface area (Å²) in [4.78, 5) is 16.5. The third-order valence-corrected chi connectivity index (χ3v) is 3.93. The molecule has 0 unspecified atom stereocenters. The van der Waals surface area contributed by atoms with E-state index in [4.69, 9.17) is 10.5 Å². The van der Waals surface area contributed by atoms with Crippen LogP contribution in [-0.2, 0) is 4.74 Å². The summed E-state index contributed by atoms with van der Waals surface area (Å²) in [6.45, 7) is 9.33. The lowest BCUT2D eigenvalue weighted by Crippen LogP contribution is -2.46. The van der Waals surface area contributed by atoms with Crippen molar-refractivity contribution < 1.29 is 9.53 Å². The number of carbonyl (C=O) groups is 1.